The molecular formula is C21H41IN4O3. The van der Waals surface area contributed by atoms with E-state index >= 15 is 0 Å². The zero-order valence-corrected chi connectivity index (χ0v) is 20.4. The molecule has 0 amide bonds. The molecule has 0 aromatic carbocycles. The molecule has 29 heavy (non-hydrogen) atoms. The third-order valence-electron chi connectivity index (χ3n) is 6.25. The Kier molecular flexibility index (Phi) is 12.8. The predicted molar refractivity (Wildman–Crippen MR) is 127 cm³/mol. The molecule has 2 heterocycles. The van der Waals surface area contributed by atoms with Crippen LogP contribution < -0.4 is 10.6 Å². The molecule has 2 saturated heterocycles. The molecule has 8 heteroatoms. The van der Waals surface area contributed by atoms with Crippen molar-refractivity contribution in [1.29, 1.82) is 0 Å². The maximum Gasteiger partial charge on any atom is 0.191 e. The van der Waals surface area contributed by atoms with Gasteiger partial charge in [-0.15, -0.1) is 24.0 Å². The number of hydrogen-bond acceptors (Lipinski definition) is 5. The van der Waals surface area contributed by atoms with Gasteiger partial charge in [-0.2, -0.15) is 0 Å². The molecule has 2 unspecified atom stereocenters. The van der Waals surface area contributed by atoms with Gasteiger partial charge in [0.2, 0.25) is 0 Å². The summed E-state index contributed by atoms with van der Waals surface area (Å²) in [4.78, 5) is 6.96. The summed E-state index contributed by atoms with van der Waals surface area (Å²) in [7, 11) is 1.84. The second-order valence-corrected chi connectivity index (χ2v) is 8.20. The molecular weight excluding hydrogens is 483 g/mol. The number of ether oxygens (including phenoxy) is 3. The Labute approximate surface area is 193 Å². The van der Waals surface area contributed by atoms with Gasteiger partial charge < -0.3 is 24.8 Å². The van der Waals surface area contributed by atoms with Crippen molar-refractivity contribution in [2.75, 3.05) is 66.3 Å². The minimum atomic E-state index is 0. The molecule has 0 spiro atoms. The van der Waals surface area contributed by atoms with Crippen LogP contribution in [0, 0.1) is 5.92 Å². The first-order valence-electron chi connectivity index (χ1n) is 11.3. The van der Waals surface area contributed by atoms with Gasteiger partial charge in [0, 0.05) is 58.4 Å². The highest BCUT2D eigenvalue weighted by Gasteiger charge is 2.31. The number of halogens is 1. The van der Waals surface area contributed by atoms with Crippen molar-refractivity contribution in [1.82, 2.24) is 15.5 Å². The smallest absolute Gasteiger partial charge is 0.191 e. The minimum absolute atomic E-state index is 0. The van der Waals surface area contributed by atoms with Gasteiger partial charge in [-0.3, -0.25) is 9.89 Å². The SMILES string of the molecule is CN=C(NCCCOC1CCCCC1)NCC(C1CCOC1)N1CCOCC1.I. The van der Waals surface area contributed by atoms with Gasteiger partial charge in [0.15, 0.2) is 5.96 Å². The Hall–Kier alpha value is -0.160. The Morgan fingerprint density at radius 2 is 1.86 bits per heavy atom. The van der Waals surface area contributed by atoms with Crippen LogP contribution >= 0.6 is 24.0 Å². The maximum absolute atomic E-state index is 6.01. The van der Waals surface area contributed by atoms with Crippen LogP contribution in [0.5, 0.6) is 0 Å². The summed E-state index contributed by atoms with van der Waals surface area (Å²) in [6.45, 7) is 8.06. The monoisotopic (exact) mass is 524 g/mol. The molecule has 7 nitrogen and oxygen atoms in total. The van der Waals surface area contributed by atoms with Crippen LogP contribution in [0.25, 0.3) is 0 Å². The van der Waals surface area contributed by atoms with E-state index in [-0.39, 0.29) is 24.0 Å². The molecule has 1 aliphatic carbocycles. The summed E-state index contributed by atoms with van der Waals surface area (Å²) in [6, 6.07) is 0.472. The van der Waals surface area contributed by atoms with Crippen LogP contribution in [-0.4, -0.2) is 89.3 Å². The highest BCUT2D eigenvalue weighted by molar-refractivity contribution is 14.0. The van der Waals surface area contributed by atoms with Gasteiger partial charge >= 0.3 is 0 Å². The predicted octanol–water partition coefficient (Wildman–Crippen LogP) is 2.25. The lowest BCUT2D eigenvalue weighted by atomic mass is 9.97. The van der Waals surface area contributed by atoms with E-state index in [2.05, 4.69) is 20.5 Å². The summed E-state index contributed by atoms with van der Waals surface area (Å²) >= 11 is 0. The van der Waals surface area contributed by atoms with Crippen LogP contribution in [-0.2, 0) is 14.2 Å². The van der Waals surface area contributed by atoms with E-state index in [0.717, 1.165) is 78.0 Å². The van der Waals surface area contributed by atoms with Gasteiger partial charge in [0.1, 0.15) is 0 Å². The molecule has 3 rings (SSSR count). The molecule has 170 valence electrons. The fraction of sp³-hybridized carbons (Fsp3) is 0.952. The van der Waals surface area contributed by atoms with Crippen LogP contribution in [0.3, 0.4) is 0 Å². The van der Waals surface area contributed by atoms with E-state index in [4.69, 9.17) is 14.2 Å². The average molecular weight is 524 g/mol. The second-order valence-electron chi connectivity index (χ2n) is 8.20. The van der Waals surface area contributed by atoms with E-state index in [9.17, 15) is 0 Å². The molecule has 0 bridgehead atoms. The second kappa shape index (κ2) is 14.8. The van der Waals surface area contributed by atoms with Crippen molar-refractivity contribution in [3.63, 3.8) is 0 Å². The number of aliphatic imine (C=N–C) groups is 1. The van der Waals surface area contributed by atoms with Gasteiger partial charge in [-0.1, -0.05) is 19.3 Å². The number of nitrogens with zero attached hydrogens (tertiary/aromatic N) is 2. The zero-order chi connectivity index (χ0) is 19.4. The third-order valence-corrected chi connectivity index (χ3v) is 6.25. The molecule has 0 aromatic rings. The van der Waals surface area contributed by atoms with Gasteiger partial charge in [-0.25, -0.2) is 0 Å². The van der Waals surface area contributed by atoms with E-state index < -0.39 is 0 Å². The Balaban J connectivity index is 0.00000300. The van der Waals surface area contributed by atoms with Crippen LogP contribution in [0.15, 0.2) is 4.99 Å². The number of rotatable bonds is 9. The topological polar surface area (TPSA) is 67.4 Å². The van der Waals surface area contributed by atoms with Gasteiger partial charge in [-0.05, 0) is 25.7 Å². The first-order chi connectivity index (χ1) is 13.9. The quantitative estimate of drug-likeness (QED) is 0.209. The first-order valence-corrected chi connectivity index (χ1v) is 11.3. The minimum Gasteiger partial charge on any atom is -0.381 e. The fourth-order valence-corrected chi connectivity index (χ4v) is 4.54. The summed E-state index contributed by atoms with van der Waals surface area (Å²) in [5.74, 6) is 1.47. The maximum atomic E-state index is 6.01. The highest BCUT2D eigenvalue weighted by atomic mass is 127. The number of guanidine groups is 1. The van der Waals surface area contributed by atoms with E-state index in [1.165, 1.54) is 32.1 Å². The van der Waals surface area contributed by atoms with Crippen molar-refractivity contribution in [3.05, 3.63) is 0 Å². The van der Waals surface area contributed by atoms with Crippen LogP contribution in [0.2, 0.25) is 0 Å². The summed E-state index contributed by atoms with van der Waals surface area (Å²) in [6.07, 6.45) is 9.17. The summed E-state index contributed by atoms with van der Waals surface area (Å²) in [5.41, 5.74) is 0. The molecule has 1 saturated carbocycles. The van der Waals surface area contributed by atoms with Crippen molar-refractivity contribution in [2.45, 2.75) is 57.1 Å². The molecule has 2 N–H and O–H groups in total. The Bertz CT molecular complexity index is 451. The highest BCUT2D eigenvalue weighted by Crippen LogP contribution is 2.22. The zero-order valence-electron chi connectivity index (χ0n) is 18.1. The fourth-order valence-electron chi connectivity index (χ4n) is 4.54. The van der Waals surface area contributed by atoms with E-state index in [1.54, 1.807) is 0 Å². The summed E-state index contributed by atoms with van der Waals surface area (Å²) < 4.78 is 17.2. The molecule has 2 atom stereocenters. The van der Waals surface area contributed by atoms with Crippen molar-refractivity contribution in [2.24, 2.45) is 10.9 Å². The first kappa shape index (κ1) is 25.1. The van der Waals surface area contributed by atoms with E-state index in [1.807, 2.05) is 7.05 Å². The van der Waals surface area contributed by atoms with Gasteiger partial charge in [0.05, 0.1) is 25.9 Å². The molecule has 0 aromatic heterocycles. The molecule has 3 fully saturated rings. The van der Waals surface area contributed by atoms with Crippen molar-refractivity contribution < 1.29 is 14.2 Å². The lowest BCUT2D eigenvalue weighted by Gasteiger charge is -2.37. The lowest BCUT2D eigenvalue weighted by molar-refractivity contribution is 0.00246. The molecule has 0 radical (unpaired) electrons. The summed E-state index contributed by atoms with van der Waals surface area (Å²) in [5, 5.41) is 6.98. The number of morpholine rings is 1. The average Bonchev–Trinajstić information content (AvgIpc) is 3.28. The number of hydrogen-bond donors (Lipinski definition) is 2. The standard InChI is InChI=1S/C21H40N4O3.HI/c1-22-21(23-9-5-12-28-19-6-3-2-4-7-19)24-16-20(18-8-13-27-17-18)25-10-14-26-15-11-25;/h18-20H,2-17H2,1H3,(H2,22,23,24);1H. The Morgan fingerprint density at radius 1 is 1.07 bits per heavy atom. The van der Waals surface area contributed by atoms with Crippen LogP contribution in [0.4, 0.5) is 0 Å². The van der Waals surface area contributed by atoms with Crippen LogP contribution in [0.1, 0.15) is 44.9 Å². The molecule has 2 aliphatic heterocycles. The third kappa shape index (κ3) is 8.85. The lowest BCUT2D eigenvalue weighted by Crippen LogP contribution is -2.53. The normalized spacial score (nSPS) is 25.4. The van der Waals surface area contributed by atoms with E-state index in [0.29, 0.717) is 18.1 Å². The largest absolute Gasteiger partial charge is 0.381 e. The van der Waals surface area contributed by atoms with Crippen molar-refractivity contribution in [3.8, 4) is 0 Å². The number of nitrogens with one attached hydrogen (secondary N) is 2. The molecule has 3 aliphatic rings. The van der Waals surface area contributed by atoms with Gasteiger partial charge in [0.25, 0.3) is 0 Å². The Morgan fingerprint density at radius 3 is 2.55 bits per heavy atom. The van der Waals surface area contributed by atoms with Crippen molar-refractivity contribution >= 4 is 29.9 Å².